The molecule has 1 rings (SSSR count). The van der Waals surface area contributed by atoms with Crippen LogP contribution in [0.5, 0.6) is 5.75 Å². The average molecular weight is 214 g/mol. The third-order valence-electron chi connectivity index (χ3n) is 1.75. The summed E-state index contributed by atoms with van der Waals surface area (Å²) in [7, 11) is 0. The number of aryl methyl sites for hydroxylation is 1. The minimum Gasteiger partial charge on any atom is -0.493 e. The molecule has 1 aromatic carbocycles. The van der Waals surface area contributed by atoms with E-state index in [2.05, 4.69) is 0 Å². The van der Waals surface area contributed by atoms with E-state index < -0.39 is 0 Å². The second-order valence-electron chi connectivity index (χ2n) is 2.98. The number of benzene rings is 1. The fourth-order valence-corrected chi connectivity index (χ4v) is 1.09. The second kappa shape index (κ2) is 4.86. The minimum atomic E-state index is -0.365. The summed E-state index contributed by atoms with van der Waals surface area (Å²) in [5.41, 5.74) is 5.92. The number of rotatable bonds is 4. The first-order chi connectivity index (χ1) is 6.59. The van der Waals surface area contributed by atoms with Crippen molar-refractivity contribution >= 4 is 17.5 Å². The van der Waals surface area contributed by atoms with Gasteiger partial charge in [-0.15, -0.1) is 0 Å². The van der Waals surface area contributed by atoms with Crippen molar-refractivity contribution < 1.29 is 9.53 Å². The van der Waals surface area contributed by atoms with Gasteiger partial charge in [0.1, 0.15) is 5.75 Å². The van der Waals surface area contributed by atoms with Crippen LogP contribution >= 0.6 is 11.6 Å². The van der Waals surface area contributed by atoms with Crippen molar-refractivity contribution in [2.24, 2.45) is 5.73 Å². The third kappa shape index (κ3) is 3.26. The molecular formula is C10H12ClNO2. The van der Waals surface area contributed by atoms with E-state index in [4.69, 9.17) is 22.1 Å². The van der Waals surface area contributed by atoms with Crippen LogP contribution in [0, 0.1) is 6.92 Å². The molecule has 0 atom stereocenters. The molecule has 14 heavy (non-hydrogen) atoms. The first kappa shape index (κ1) is 10.9. The Morgan fingerprint density at radius 3 is 2.86 bits per heavy atom. The molecule has 0 heterocycles. The maximum absolute atomic E-state index is 10.4. The highest BCUT2D eigenvalue weighted by molar-refractivity contribution is 6.31. The van der Waals surface area contributed by atoms with E-state index in [1.807, 2.05) is 13.0 Å². The van der Waals surface area contributed by atoms with Gasteiger partial charge in [0.05, 0.1) is 13.0 Å². The van der Waals surface area contributed by atoms with Gasteiger partial charge in [-0.05, 0) is 30.7 Å². The molecule has 0 aliphatic rings. The minimum absolute atomic E-state index is 0.224. The Labute approximate surface area is 87.8 Å². The van der Waals surface area contributed by atoms with E-state index in [-0.39, 0.29) is 12.3 Å². The van der Waals surface area contributed by atoms with Crippen molar-refractivity contribution in [3.8, 4) is 5.75 Å². The largest absolute Gasteiger partial charge is 0.493 e. The number of primary amides is 1. The Balaban J connectivity index is 2.51. The fraction of sp³-hybridized carbons (Fsp3) is 0.300. The van der Waals surface area contributed by atoms with E-state index in [1.54, 1.807) is 12.1 Å². The van der Waals surface area contributed by atoms with Crippen molar-refractivity contribution in [2.45, 2.75) is 13.3 Å². The Bertz CT molecular complexity index is 339. The Hall–Kier alpha value is -1.22. The number of halogens is 1. The number of carbonyl (C=O) groups excluding carboxylic acids is 1. The molecule has 0 spiro atoms. The van der Waals surface area contributed by atoms with Crippen LogP contribution < -0.4 is 10.5 Å². The average Bonchev–Trinajstić information content (AvgIpc) is 2.10. The van der Waals surface area contributed by atoms with E-state index in [1.165, 1.54) is 0 Å². The number of carbonyl (C=O) groups is 1. The van der Waals surface area contributed by atoms with Gasteiger partial charge >= 0.3 is 0 Å². The van der Waals surface area contributed by atoms with Crippen LogP contribution in [0.4, 0.5) is 0 Å². The van der Waals surface area contributed by atoms with Crippen molar-refractivity contribution in [1.29, 1.82) is 0 Å². The van der Waals surface area contributed by atoms with Crippen LogP contribution in [0.1, 0.15) is 12.0 Å². The zero-order chi connectivity index (χ0) is 10.6. The maximum Gasteiger partial charge on any atom is 0.220 e. The molecule has 3 nitrogen and oxygen atoms in total. The second-order valence-corrected chi connectivity index (χ2v) is 3.38. The fourth-order valence-electron chi connectivity index (χ4n) is 0.976. The molecule has 0 aliphatic heterocycles. The zero-order valence-corrected chi connectivity index (χ0v) is 8.67. The smallest absolute Gasteiger partial charge is 0.220 e. The molecule has 0 aromatic heterocycles. The lowest BCUT2D eigenvalue weighted by atomic mass is 10.2. The van der Waals surface area contributed by atoms with E-state index in [0.29, 0.717) is 17.4 Å². The Morgan fingerprint density at radius 1 is 1.57 bits per heavy atom. The highest BCUT2D eigenvalue weighted by atomic mass is 35.5. The first-order valence-electron chi connectivity index (χ1n) is 4.27. The normalized spacial score (nSPS) is 9.86. The summed E-state index contributed by atoms with van der Waals surface area (Å²) < 4.78 is 5.29. The SMILES string of the molecule is Cc1cc(OCCC(N)=O)ccc1Cl. The van der Waals surface area contributed by atoms with Gasteiger partial charge in [0.15, 0.2) is 0 Å². The molecule has 1 amide bonds. The number of amides is 1. The molecule has 0 saturated heterocycles. The Kier molecular flexibility index (Phi) is 3.77. The lowest BCUT2D eigenvalue weighted by Gasteiger charge is -2.06. The molecule has 0 fully saturated rings. The number of ether oxygens (including phenoxy) is 1. The summed E-state index contributed by atoms with van der Waals surface area (Å²) in [5, 5.41) is 0.701. The van der Waals surface area contributed by atoms with E-state index in [0.717, 1.165) is 5.56 Å². The van der Waals surface area contributed by atoms with Crippen molar-refractivity contribution in [3.63, 3.8) is 0 Å². The summed E-state index contributed by atoms with van der Waals surface area (Å²) in [6.07, 6.45) is 0.224. The standard InChI is InChI=1S/C10H12ClNO2/c1-7-6-8(2-3-9(7)11)14-5-4-10(12)13/h2-3,6H,4-5H2,1H3,(H2,12,13). The lowest BCUT2D eigenvalue weighted by molar-refractivity contribution is -0.118. The Morgan fingerprint density at radius 2 is 2.29 bits per heavy atom. The molecule has 0 radical (unpaired) electrons. The summed E-state index contributed by atoms with van der Waals surface area (Å²) in [5.74, 6) is 0.337. The highest BCUT2D eigenvalue weighted by Gasteiger charge is 1.99. The van der Waals surface area contributed by atoms with Gasteiger partial charge in [0.2, 0.25) is 5.91 Å². The van der Waals surface area contributed by atoms with Crippen molar-refractivity contribution in [2.75, 3.05) is 6.61 Å². The third-order valence-corrected chi connectivity index (χ3v) is 2.17. The number of hydrogen-bond donors (Lipinski definition) is 1. The first-order valence-corrected chi connectivity index (χ1v) is 4.64. The van der Waals surface area contributed by atoms with Gasteiger partial charge in [-0.3, -0.25) is 4.79 Å². The van der Waals surface area contributed by atoms with Gasteiger partial charge in [-0.2, -0.15) is 0 Å². The van der Waals surface area contributed by atoms with Gasteiger partial charge < -0.3 is 10.5 Å². The van der Waals surface area contributed by atoms with Gasteiger partial charge in [0, 0.05) is 5.02 Å². The van der Waals surface area contributed by atoms with Crippen LogP contribution in [-0.2, 0) is 4.79 Å². The highest BCUT2D eigenvalue weighted by Crippen LogP contribution is 2.20. The van der Waals surface area contributed by atoms with E-state index in [9.17, 15) is 4.79 Å². The predicted octanol–water partition coefficient (Wildman–Crippen LogP) is 1.90. The maximum atomic E-state index is 10.4. The summed E-state index contributed by atoms with van der Waals surface area (Å²) in [6, 6.07) is 5.34. The molecule has 76 valence electrons. The molecule has 2 N–H and O–H groups in total. The topological polar surface area (TPSA) is 52.3 Å². The number of hydrogen-bond acceptors (Lipinski definition) is 2. The van der Waals surface area contributed by atoms with Crippen LogP contribution in [-0.4, -0.2) is 12.5 Å². The molecule has 1 aromatic rings. The number of nitrogens with two attached hydrogens (primary N) is 1. The quantitative estimate of drug-likeness (QED) is 0.831. The molecular weight excluding hydrogens is 202 g/mol. The molecule has 0 saturated carbocycles. The van der Waals surface area contributed by atoms with Crippen LogP contribution in [0.2, 0.25) is 5.02 Å². The zero-order valence-electron chi connectivity index (χ0n) is 7.92. The van der Waals surface area contributed by atoms with Crippen LogP contribution in [0.3, 0.4) is 0 Å². The molecule has 0 unspecified atom stereocenters. The van der Waals surface area contributed by atoms with E-state index >= 15 is 0 Å². The van der Waals surface area contributed by atoms with Gasteiger partial charge in [-0.25, -0.2) is 0 Å². The monoisotopic (exact) mass is 213 g/mol. The molecule has 4 heteroatoms. The van der Waals surface area contributed by atoms with Gasteiger partial charge in [-0.1, -0.05) is 11.6 Å². The van der Waals surface area contributed by atoms with Crippen molar-refractivity contribution in [3.05, 3.63) is 28.8 Å². The summed E-state index contributed by atoms with van der Waals surface area (Å²) >= 11 is 5.84. The summed E-state index contributed by atoms with van der Waals surface area (Å²) in [6.45, 7) is 2.19. The van der Waals surface area contributed by atoms with Crippen LogP contribution in [0.25, 0.3) is 0 Å². The lowest BCUT2D eigenvalue weighted by Crippen LogP contribution is -2.14. The van der Waals surface area contributed by atoms with Gasteiger partial charge in [0.25, 0.3) is 0 Å². The van der Waals surface area contributed by atoms with Crippen molar-refractivity contribution in [1.82, 2.24) is 0 Å². The predicted molar refractivity (Wildman–Crippen MR) is 55.5 cm³/mol. The summed E-state index contributed by atoms with van der Waals surface area (Å²) in [4.78, 5) is 10.4. The van der Waals surface area contributed by atoms with Crippen LogP contribution in [0.15, 0.2) is 18.2 Å². The molecule has 0 bridgehead atoms. The molecule has 0 aliphatic carbocycles.